The third-order valence-corrected chi connectivity index (χ3v) is 3.16. The van der Waals surface area contributed by atoms with Gasteiger partial charge in [-0.1, -0.05) is 40.9 Å². The Labute approximate surface area is 113 Å². The van der Waals surface area contributed by atoms with Crippen LogP contribution in [0, 0.1) is 0 Å². The number of rotatable bonds is 2. The van der Waals surface area contributed by atoms with Gasteiger partial charge in [-0.05, 0) is 24.3 Å². The van der Waals surface area contributed by atoms with Crippen molar-refractivity contribution in [3.8, 4) is 11.3 Å². The molecule has 0 saturated heterocycles. The van der Waals surface area contributed by atoms with Crippen LogP contribution in [0.3, 0.4) is 0 Å². The number of pyridine rings is 1. The number of carbonyl (C=O) groups excluding carboxylic acids is 1. The molecule has 0 amide bonds. The summed E-state index contributed by atoms with van der Waals surface area (Å²) in [6, 6.07) is 8.21. The summed E-state index contributed by atoms with van der Waals surface area (Å²) in [6.45, 7) is 0. The normalized spacial score (nSPS) is 10.3. The van der Waals surface area contributed by atoms with E-state index in [-0.39, 0.29) is 0 Å². The van der Waals surface area contributed by atoms with E-state index < -0.39 is 0 Å². The summed E-state index contributed by atoms with van der Waals surface area (Å²) in [7, 11) is 0. The van der Waals surface area contributed by atoms with Crippen LogP contribution in [-0.2, 0) is 0 Å². The smallest absolute Gasteiger partial charge is 0.152 e. The van der Waals surface area contributed by atoms with E-state index in [1.54, 1.807) is 30.3 Å². The summed E-state index contributed by atoms with van der Waals surface area (Å²) in [6.07, 6.45) is 0.723. The van der Waals surface area contributed by atoms with Crippen molar-refractivity contribution in [1.82, 2.24) is 4.98 Å². The molecule has 0 aliphatic carbocycles. The van der Waals surface area contributed by atoms with Crippen LogP contribution < -0.4 is 0 Å². The van der Waals surface area contributed by atoms with Crippen molar-refractivity contribution < 1.29 is 4.79 Å². The van der Waals surface area contributed by atoms with Crippen LogP contribution in [0.2, 0.25) is 15.2 Å². The first-order valence-corrected chi connectivity index (χ1v) is 5.82. The summed E-state index contributed by atoms with van der Waals surface area (Å²) in [5, 5.41) is 1.17. The maximum absolute atomic E-state index is 10.9. The lowest BCUT2D eigenvalue weighted by molar-refractivity contribution is 0.112. The third-order valence-electron chi connectivity index (χ3n) is 2.21. The van der Waals surface area contributed by atoms with Crippen molar-refractivity contribution in [2.75, 3.05) is 0 Å². The van der Waals surface area contributed by atoms with E-state index in [2.05, 4.69) is 4.98 Å². The van der Waals surface area contributed by atoms with Gasteiger partial charge < -0.3 is 0 Å². The second-order valence-corrected chi connectivity index (χ2v) is 4.52. The quantitative estimate of drug-likeness (QED) is 0.600. The van der Waals surface area contributed by atoms with Gasteiger partial charge in [-0.2, -0.15) is 0 Å². The molecular weight excluding hydrogens is 280 g/mol. The largest absolute Gasteiger partial charge is 0.298 e. The number of halogens is 3. The van der Waals surface area contributed by atoms with Crippen molar-refractivity contribution in [3.63, 3.8) is 0 Å². The van der Waals surface area contributed by atoms with Crippen LogP contribution in [0.4, 0.5) is 0 Å². The van der Waals surface area contributed by atoms with Gasteiger partial charge in [0, 0.05) is 11.1 Å². The predicted octanol–water partition coefficient (Wildman–Crippen LogP) is 4.52. The van der Waals surface area contributed by atoms with Crippen molar-refractivity contribution in [2.24, 2.45) is 0 Å². The first-order chi connectivity index (χ1) is 8.11. The molecule has 2 aromatic rings. The van der Waals surface area contributed by atoms with Crippen molar-refractivity contribution >= 4 is 41.1 Å². The molecule has 17 heavy (non-hydrogen) atoms. The summed E-state index contributed by atoms with van der Waals surface area (Å²) >= 11 is 17.6. The zero-order chi connectivity index (χ0) is 12.4. The van der Waals surface area contributed by atoms with E-state index in [0.717, 1.165) is 6.29 Å². The van der Waals surface area contributed by atoms with Gasteiger partial charge in [0.15, 0.2) is 6.29 Å². The summed E-state index contributed by atoms with van der Waals surface area (Å²) < 4.78 is 0. The van der Waals surface area contributed by atoms with Gasteiger partial charge in [-0.3, -0.25) is 4.79 Å². The minimum Gasteiger partial charge on any atom is -0.298 e. The maximum atomic E-state index is 10.9. The highest BCUT2D eigenvalue weighted by Crippen LogP contribution is 2.29. The highest BCUT2D eigenvalue weighted by Gasteiger charge is 2.09. The molecule has 0 atom stereocenters. The van der Waals surface area contributed by atoms with E-state index in [0.29, 0.717) is 32.0 Å². The number of hydrogen-bond acceptors (Lipinski definition) is 2. The van der Waals surface area contributed by atoms with E-state index in [9.17, 15) is 4.79 Å². The molecule has 1 aromatic carbocycles. The molecule has 0 bridgehead atoms. The van der Waals surface area contributed by atoms with Crippen LogP contribution in [0.5, 0.6) is 0 Å². The topological polar surface area (TPSA) is 30.0 Å². The lowest BCUT2D eigenvalue weighted by Crippen LogP contribution is -1.92. The van der Waals surface area contributed by atoms with E-state index in [1.165, 1.54) is 0 Å². The second-order valence-electron chi connectivity index (χ2n) is 3.32. The standard InChI is InChI=1S/C12H6Cl3NO/c13-9-3-1-7(5-10(9)14)12-8(6-17)2-4-11(15)16-12/h1-6H. The Balaban J connectivity index is 2.62. The molecule has 0 spiro atoms. The molecule has 5 heteroatoms. The summed E-state index contributed by atoms with van der Waals surface area (Å²) in [4.78, 5) is 15.0. The fourth-order valence-corrected chi connectivity index (χ4v) is 1.86. The first-order valence-electron chi connectivity index (χ1n) is 4.69. The molecule has 1 heterocycles. The fourth-order valence-electron chi connectivity index (χ4n) is 1.42. The van der Waals surface area contributed by atoms with Gasteiger partial charge in [0.1, 0.15) is 5.15 Å². The Morgan fingerprint density at radius 1 is 1.00 bits per heavy atom. The second kappa shape index (κ2) is 5.05. The molecular formula is C12H6Cl3NO. The van der Waals surface area contributed by atoms with Crippen molar-refractivity contribution in [3.05, 3.63) is 51.1 Å². The van der Waals surface area contributed by atoms with Crippen LogP contribution in [0.25, 0.3) is 11.3 Å². The number of hydrogen-bond donors (Lipinski definition) is 0. The van der Waals surface area contributed by atoms with Gasteiger partial charge in [0.05, 0.1) is 15.7 Å². The zero-order valence-electron chi connectivity index (χ0n) is 8.45. The number of carbonyl (C=O) groups is 1. The maximum Gasteiger partial charge on any atom is 0.152 e. The van der Waals surface area contributed by atoms with Gasteiger partial charge in [0.2, 0.25) is 0 Å². The Hall–Kier alpha value is -1.09. The van der Waals surface area contributed by atoms with Gasteiger partial charge >= 0.3 is 0 Å². The van der Waals surface area contributed by atoms with E-state index >= 15 is 0 Å². The summed E-state index contributed by atoms with van der Waals surface area (Å²) in [5.41, 5.74) is 1.64. The van der Waals surface area contributed by atoms with Gasteiger partial charge in [-0.15, -0.1) is 0 Å². The van der Waals surface area contributed by atoms with Crippen LogP contribution in [0.15, 0.2) is 30.3 Å². The third kappa shape index (κ3) is 2.60. The number of aromatic nitrogens is 1. The van der Waals surface area contributed by atoms with Crippen molar-refractivity contribution in [1.29, 1.82) is 0 Å². The Kier molecular flexibility index (Phi) is 3.67. The molecule has 1 aromatic heterocycles. The minimum absolute atomic E-state index is 0.316. The number of aldehydes is 1. The summed E-state index contributed by atoms with van der Waals surface area (Å²) in [5.74, 6) is 0. The molecule has 0 unspecified atom stereocenters. The molecule has 0 fully saturated rings. The molecule has 0 aliphatic rings. The number of nitrogens with zero attached hydrogens (tertiary/aromatic N) is 1. The first kappa shape index (κ1) is 12.4. The van der Waals surface area contributed by atoms with Crippen LogP contribution in [0.1, 0.15) is 10.4 Å². The average molecular weight is 287 g/mol. The molecule has 2 rings (SSSR count). The van der Waals surface area contributed by atoms with Crippen molar-refractivity contribution in [2.45, 2.75) is 0 Å². The monoisotopic (exact) mass is 285 g/mol. The molecule has 0 aliphatic heterocycles. The molecule has 0 saturated carbocycles. The Bertz CT molecular complexity index is 584. The minimum atomic E-state index is 0.316. The SMILES string of the molecule is O=Cc1ccc(Cl)nc1-c1ccc(Cl)c(Cl)c1. The van der Waals surface area contributed by atoms with E-state index in [4.69, 9.17) is 34.8 Å². The molecule has 0 radical (unpaired) electrons. The lowest BCUT2D eigenvalue weighted by atomic mass is 10.1. The average Bonchev–Trinajstić information content (AvgIpc) is 2.32. The lowest BCUT2D eigenvalue weighted by Gasteiger charge is -2.05. The predicted molar refractivity (Wildman–Crippen MR) is 70.1 cm³/mol. The van der Waals surface area contributed by atoms with Crippen LogP contribution in [-0.4, -0.2) is 11.3 Å². The molecule has 86 valence electrons. The van der Waals surface area contributed by atoms with Gasteiger partial charge in [-0.25, -0.2) is 4.98 Å². The molecule has 2 nitrogen and oxygen atoms in total. The molecule has 0 N–H and O–H groups in total. The number of benzene rings is 1. The van der Waals surface area contributed by atoms with E-state index in [1.807, 2.05) is 0 Å². The Morgan fingerprint density at radius 3 is 2.41 bits per heavy atom. The van der Waals surface area contributed by atoms with Gasteiger partial charge in [0.25, 0.3) is 0 Å². The van der Waals surface area contributed by atoms with Crippen LogP contribution >= 0.6 is 34.8 Å². The Morgan fingerprint density at radius 2 is 1.76 bits per heavy atom. The zero-order valence-corrected chi connectivity index (χ0v) is 10.7. The fraction of sp³-hybridized carbons (Fsp3) is 0. The highest BCUT2D eigenvalue weighted by molar-refractivity contribution is 6.42. The highest BCUT2D eigenvalue weighted by atomic mass is 35.5.